The van der Waals surface area contributed by atoms with Gasteiger partial charge < -0.3 is 15.1 Å². The van der Waals surface area contributed by atoms with Crippen molar-refractivity contribution >= 4 is 34.9 Å². The van der Waals surface area contributed by atoms with Gasteiger partial charge in [-0.3, -0.25) is 14.5 Å². The first kappa shape index (κ1) is 31.0. The van der Waals surface area contributed by atoms with E-state index >= 15 is 0 Å². The number of ketones is 1. The lowest BCUT2D eigenvalue weighted by Crippen LogP contribution is -2.63. The molecule has 1 N–H and O–H groups in total. The number of nitrogens with zero attached hydrogens (tertiary/aromatic N) is 3. The Morgan fingerprint density at radius 1 is 0.975 bits per heavy atom. The summed E-state index contributed by atoms with van der Waals surface area (Å²) >= 11 is 12.6. The predicted octanol–water partition coefficient (Wildman–Crippen LogP) is 5.74. The molecule has 218 valence electrons. The molecule has 0 aromatic heterocycles. The molecule has 40 heavy (non-hydrogen) atoms. The van der Waals surface area contributed by atoms with Gasteiger partial charge in [-0.1, -0.05) is 59.6 Å². The molecule has 1 atom stereocenters. The van der Waals surface area contributed by atoms with Gasteiger partial charge in [0.05, 0.1) is 16.6 Å². The van der Waals surface area contributed by atoms with Crippen LogP contribution in [-0.2, 0) is 4.79 Å². The van der Waals surface area contributed by atoms with Gasteiger partial charge in [0, 0.05) is 38.3 Å². The van der Waals surface area contributed by atoms with Crippen molar-refractivity contribution in [1.29, 1.82) is 0 Å². The van der Waals surface area contributed by atoms with Crippen molar-refractivity contribution < 1.29 is 9.59 Å². The third-order valence-electron chi connectivity index (χ3n) is 8.87. The highest BCUT2D eigenvalue weighted by atomic mass is 35.5. The van der Waals surface area contributed by atoms with Crippen molar-refractivity contribution in [2.45, 2.75) is 63.5 Å². The summed E-state index contributed by atoms with van der Waals surface area (Å²) in [5.41, 5.74) is 1.45. The molecule has 0 aliphatic carbocycles. The van der Waals surface area contributed by atoms with Gasteiger partial charge in [0.25, 0.3) is 0 Å². The molecule has 2 aromatic rings. The highest BCUT2D eigenvalue weighted by Gasteiger charge is 2.48. The number of hydrogen-bond donors (Lipinski definition) is 1. The first-order valence-electron chi connectivity index (χ1n) is 14.7. The second-order valence-corrected chi connectivity index (χ2v) is 12.5. The molecule has 2 aromatic carbocycles. The Morgan fingerprint density at radius 2 is 1.65 bits per heavy atom. The van der Waals surface area contributed by atoms with E-state index in [1.807, 2.05) is 60.5 Å². The minimum absolute atomic E-state index is 0.0822. The molecule has 2 heterocycles. The second-order valence-electron chi connectivity index (χ2n) is 11.7. The lowest BCUT2D eigenvalue weighted by Gasteiger charge is -2.48. The molecular formula is C32H44Cl2N4O2. The van der Waals surface area contributed by atoms with Gasteiger partial charge in [0.15, 0.2) is 5.78 Å². The summed E-state index contributed by atoms with van der Waals surface area (Å²) in [6.07, 6.45) is 5.00. The molecular weight excluding hydrogens is 543 g/mol. The zero-order chi connectivity index (χ0) is 28.7. The molecule has 2 fully saturated rings. The molecule has 1 unspecified atom stereocenters. The van der Waals surface area contributed by atoms with Gasteiger partial charge in [-0.05, 0) is 89.2 Å². The van der Waals surface area contributed by atoms with E-state index in [0.717, 1.165) is 57.5 Å². The number of halogens is 2. The summed E-state index contributed by atoms with van der Waals surface area (Å²) in [5.74, 6) is 0.543. The van der Waals surface area contributed by atoms with E-state index in [2.05, 4.69) is 29.0 Å². The molecule has 2 saturated heterocycles. The van der Waals surface area contributed by atoms with E-state index < -0.39 is 0 Å². The van der Waals surface area contributed by atoms with E-state index in [-0.39, 0.29) is 35.7 Å². The van der Waals surface area contributed by atoms with Crippen LogP contribution in [0.15, 0.2) is 48.5 Å². The second kappa shape index (κ2) is 14.3. The molecule has 0 bridgehead atoms. The number of carbonyl (C=O) groups is 2. The number of likely N-dealkylation sites (tertiary alicyclic amines) is 2. The number of amides is 1. The fourth-order valence-electron chi connectivity index (χ4n) is 6.10. The van der Waals surface area contributed by atoms with E-state index in [9.17, 15) is 9.59 Å². The van der Waals surface area contributed by atoms with Crippen molar-refractivity contribution in [2.75, 3.05) is 52.9 Å². The fraction of sp³-hybridized carbons (Fsp3) is 0.562. The van der Waals surface area contributed by atoms with Crippen LogP contribution in [-0.4, -0.2) is 90.8 Å². The van der Waals surface area contributed by atoms with Crippen LogP contribution in [0.2, 0.25) is 10.0 Å². The average Bonchev–Trinajstić information content (AvgIpc) is 3.52. The molecule has 1 amide bonds. The fourth-order valence-corrected chi connectivity index (χ4v) is 6.40. The monoisotopic (exact) mass is 586 g/mol. The SMILES string of the molecule is CC(C)N(C)C(=O)C1(N2CCCC2)CCN(CCC(CNCC(=O)c2ccccc2)c2ccc(Cl)c(Cl)c2)CC1. The van der Waals surface area contributed by atoms with E-state index in [0.29, 0.717) is 22.2 Å². The van der Waals surface area contributed by atoms with Crippen molar-refractivity contribution in [1.82, 2.24) is 20.0 Å². The Balaban J connectivity index is 1.39. The molecule has 4 rings (SSSR count). The van der Waals surface area contributed by atoms with Gasteiger partial charge in [-0.15, -0.1) is 0 Å². The zero-order valence-corrected chi connectivity index (χ0v) is 25.7. The normalized spacial score (nSPS) is 18.6. The standard InChI is InChI=1S/C32H44Cl2N4O2/c1-24(2)36(3)31(40)32(38-16-7-8-17-38)14-19-37(20-15-32)18-13-27(26-11-12-28(33)29(34)21-26)22-35-23-30(39)25-9-5-4-6-10-25/h4-6,9-12,21,24,27,35H,7-8,13-20,22-23H2,1-3H3. The average molecular weight is 588 g/mol. The van der Waals surface area contributed by atoms with E-state index in [1.165, 1.54) is 12.8 Å². The highest BCUT2D eigenvalue weighted by molar-refractivity contribution is 6.42. The van der Waals surface area contributed by atoms with Crippen LogP contribution < -0.4 is 5.32 Å². The van der Waals surface area contributed by atoms with Crippen LogP contribution >= 0.6 is 23.2 Å². The lowest BCUT2D eigenvalue weighted by molar-refractivity contribution is -0.148. The maximum atomic E-state index is 13.7. The summed E-state index contributed by atoms with van der Waals surface area (Å²) in [6.45, 7) is 9.91. The molecule has 0 spiro atoms. The van der Waals surface area contributed by atoms with E-state index in [1.54, 1.807) is 0 Å². The summed E-state index contributed by atoms with van der Waals surface area (Å²) in [7, 11) is 1.95. The quantitative estimate of drug-likeness (QED) is 0.321. The summed E-state index contributed by atoms with van der Waals surface area (Å²) in [6, 6.07) is 15.4. The smallest absolute Gasteiger partial charge is 0.243 e. The van der Waals surface area contributed by atoms with Crippen LogP contribution in [0.1, 0.15) is 67.8 Å². The number of Topliss-reactive ketones (excluding diaryl/α,β-unsaturated/α-hetero) is 1. The Labute approximate surface area is 250 Å². The Kier molecular flexibility index (Phi) is 11.1. The van der Waals surface area contributed by atoms with Crippen LogP contribution in [0.4, 0.5) is 0 Å². The van der Waals surface area contributed by atoms with Crippen molar-refractivity contribution in [3.8, 4) is 0 Å². The Hall–Kier alpha value is -1.96. The number of rotatable bonds is 12. The molecule has 0 radical (unpaired) electrons. The van der Waals surface area contributed by atoms with Crippen LogP contribution in [0.3, 0.4) is 0 Å². The number of carbonyl (C=O) groups excluding carboxylic acids is 2. The summed E-state index contributed by atoms with van der Waals surface area (Å²) in [5, 5.41) is 4.48. The zero-order valence-electron chi connectivity index (χ0n) is 24.2. The van der Waals surface area contributed by atoms with Gasteiger partial charge in [0.2, 0.25) is 5.91 Å². The molecule has 6 nitrogen and oxygen atoms in total. The predicted molar refractivity (Wildman–Crippen MR) is 165 cm³/mol. The number of benzene rings is 2. The topological polar surface area (TPSA) is 55.9 Å². The molecule has 8 heteroatoms. The first-order chi connectivity index (χ1) is 19.2. The van der Waals surface area contributed by atoms with Crippen LogP contribution in [0, 0.1) is 0 Å². The largest absolute Gasteiger partial charge is 0.342 e. The van der Waals surface area contributed by atoms with Crippen molar-refractivity contribution in [3.63, 3.8) is 0 Å². The third kappa shape index (κ3) is 7.46. The molecule has 2 aliphatic heterocycles. The maximum absolute atomic E-state index is 13.7. The number of likely N-dealkylation sites (N-methyl/N-ethyl adjacent to an activating group) is 1. The highest BCUT2D eigenvalue weighted by Crippen LogP contribution is 2.35. The van der Waals surface area contributed by atoms with Gasteiger partial charge in [-0.25, -0.2) is 0 Å². The summed E-state index contributed by atoms with van der Waals surface area (Å²) in [4.78, 5) is 33.3. The number of nitrogens with one attached hydrogen (secondary N) is 1. The Morgan fingerprint density at radius 3 is 2.27 bits per heavy atom. The van der Waals surface area contributed by atoms with Crippen LogP contribution in [0.5, 0.6) is 0 Å². The van der Waals surface area contributed by atoms with Gasteiger partial charge in [-0.2, -0.15) is 0 Å². The molecule has 0 saturated carbocycles. The Bertz CT molecular complexity index is 1130. The summed E-state index contributed by atoms with van der Waals surface area (Å²) < 4.78 is 0. The lowest BCUT2D eigenvalue weighted by atomic mass is 9.83. The van der Waals surface area contributed by atoms with Gasteiger partial charge >= 0.3 is 0 Å². The third-order valence-corrected chi connectivity index (χ3v) is 9.61. The number of hydrogen-bond acceptors (Lipinski definition) is 5. The number of piperidine rings is 1. The molecule has 2 aliphatic rings. The maximum Gasteiger partial charge on any atom is 0.243 e. The minimum atomic E-state index is -0.380. The van der Waals surface area contributed by atoms with E-state index in [4.69, 9.17) is 23.2 Å². The van der Waals surface area contributed by atoms with Gasteiger partial charge in [0.1, 0.15) is 5.54 Å². The minimum Gasteiger partial charge on any atom is -0.342 e. The first-order valence-corrected chi connectivity index (χ1v) is 15.5. The van der Waals surface area contributed by atoms with Crippen molar-refractivity contribution in [3.05, 3.63) is 69.7 Å². The van der Waals surface area contributed by atoms with Crippen LogP contribution in [0.25, 0.3) is 0 Å². The van der Waals surface area contributed by atoms with Crippen molar-refractivity contribution in [2.24, 2.45) is 0 Å².